The van der Waals surface area contributed by atoms with E-state index in [-0.39, 0.29) is 17.3 Å². The summed E-state index contributed by atoms with van der Waals surface area (Å²) in [6.07, 6.45) is 0. The van der Waals surface area contributed by atoms with Crippen LogP contribution in [0.3, 0.4) is 0 Å². The predicted molar refractivity (Wildman–Crippen MR) is 74.0 cm³/mol. The van der Waals surface area contributed by atoms with E-state index in [1.54, 1.807) is 19.2 Å². The molecule has 2 rings (SSSR count). The first-order valence-corrected chi connectivity index (χ1v) is 7.58. The van der Waals surface area contributed by atoms with Gasteiger partial charge in [-0.25, -0.2) is 13.1 Å². The van der Waals surface area contributed by atoms with E-state index in [0.29, 0.717) is 12.3 Å². The standard InChI is InChI=1S/C11H16N6O3S/c1-12-6-8-5-9(3-4-10(8)20-2)21(18,19)13-7-11-14-16-17-15-11/h3-5,12-13H,6-7H2,1-2H3,(H,14,15,16,17). The number of nitrogens with zero attached hydrogens (tertiary/aromatic N) is 3. The number of tetrazole rings is 1. The lowest BCUT2D eigenvalue weighted by Crippen LogP contribution is -2.24. The molecule has 9 nitrogen and oxygen atoms in total. The Balaban J connectivity index is 2.20. The summed E-state index contributed by atoms with van der Waals surface area (Å²) in [6.45, 7) is 0.462. The first-order chi connectivity index (χ1) is 10.1. The molecule has 0 aliphatic rings. The Morgan fingerprint density at radius 2 is 2.14 bits per heavy atom. The number of aromatic nitrogens is 4. The van der Waals surface area contributed by atoms with Crippen molar-refractivity contribution in [1.29, 1.82) is 0 Å². The van der Waals surface area contributed by atoms with Crippen molar-refractivity contribution in [2.75, 3.05) is 14.2 Å². The molecule has 0 atom stereocenters. The van der Waals surface area contributed by atoms with Crippen LogP contribution in [0.4, 0.5) is 0 Å². The van der Waals surface area contributed by atoms with Gasteiger partial charge in [0.05, 0.1) is 18.6 Å². The van der Waals surface area contributed by atoms with Gasteiger partial charge in [-0.2, -0.15) is 5.21 Å². The van der Waals surface area contributed by atoms with Crippen LogP contribution in [0.5, 0.6) is 5.75 Å². The Morgan fingerprint density at radius 3 is 2.76 bits per heavy atom. The molecule has 1 heterocycles. The molecule has 0 saturated heterocycles. The molecule has 21 heavy (non-hydrogen) atoms. The molecule has 0 unspecified atom stereocenters. The monoisotopic (exact) mass is 312 g/mol. The smallest absolute Gasteiger partial charge is 0.240 e. The number of hydrogen-bond donors (Lipinski definition) is 3. The third kappa shape index (κ3) is 3.74. The average molecular weight is 312 g/mol. The van der Waals surface area contributed by atoms with Crippen LogP contribution in [0.1, 0.15) is 11.4 Å². The maximum absolute atomic E-state index is 12.2. The summed E-state index contributed by atoms with van der Waals surface area (Å²) in [5.74, 6) is 0.893. The number of ether oxygens (including phenoxy) is 1. The molecule has 2 aromatic rings. The maximum atomic E-state index is 12.2. The molecule has 0 aliphatic carbocycles. The molecule has 0 aliphatic heterocycles. The molecular formula is C11H16N6O3S. The summed E-state index contributed by atoms with van der Waals surface area (Å²) >= 11 is 0. The second kappa shape index (κ2) is 6.61. The topological polar surface area (TPSA) is 122 Å². The summed E-state index contributed by atoms with van der Waals surface area (Å²) in [6, 6.07) is 4.67. The van der Waals surface area contributed by atoms with E-state index < -0.39 is 10.0 Å². The minimum Gasteiger partial charge on any atom is -0.496 e. The van der Waals surface area contributed by atoms with Gasteiger partial charge >= 0.3 is 0 Å². The van der Waals surface area contributed by atoms with Crippen LogP contribution >= 0.6 is 0 Å². The van der Waals surface area contributed by atoms with Gasteiger partial charge in [0.15, 0.2) is 5.82 Å². The van der Waals surface area contributed by atoms with E-state index in [9.17, 15) is 8.42 Å². The van der Waals surface area contributed by atoms with Gasteiger partial charge < -0.3 is 10.1 Å². The number of H-pyrrole nitrogens is 1. The number of sulfonamides is 1. The van der Waals surface area contributed by atoms with Crippen molar-refractivity contribution in [2.24, 2.45) is 0 Å². The molecule has 1 aromatic heterocycles. The fourth-order valence-electron chi connectivity index (χ4n) is 1.75. The van der Waals surface area contributed by atoms with Crippen LogP contribution in [-0.4, -0.2) is 43.2 Å². The highest BCUT2D eigenvalue weighted by molar-refractivity contribution is 7.89. The molecule has 0 saturated carbocycles. The van der Waals surface area contributed by atoms with E-state index in [0.717, 1.165) is 5.56 Å². The van der Waals surface area contributed by atoms with Crippen molar-refractivity contribution in [2.45, 2.75) is 18.0 Å². The van der Waals surface area contributed by atoms with Gasteiger partial charge in [-0.15, -0.1) is 10.2 Å². The van der Waals surface area contributed by atoms with E-state index in [1.807, 2.05) is 0 Å². The highest BCUT2D eigenvalue weighted by Crippen LogP contribution is 2.22. The van der Waals surface area contributed by atoms with Crippen molar-refractivity contribution in [3.8, 4) is 5.75 Å². The fourth-order valence-corrected chi connectivity index (χ4v) is 2.78. The lowest BCUT2D eigenvalue weighted by atomic mass is 10.2. The number of methoxy groups -OCH3 is 1. The molecule has 1 aromatic carbocycles. The lowest BCUT2D eigenvalue weighted by molar-refractivity contribution is 0.408. The van der Waals surface area contributed by atoms with Gasteiger partial charge in [0, 0.05) is 12.1 Å². The number of rotatable bonds is 7. The lowest BCUT2D eigenvalue weighted by Gasteiger charge is -2.11. The average Bonchev–Trinajstić information content (AvgIpc) is 2.99. The molecule has 0 radical (unpaired) electrons. The van der Waals surface area contributed by atoms with Crippen molar-refractivity contribution in [3.63, 3.8) is 0 Å². The van der Waals surface area contributed by atoms with Crippen molar-refractivity contribution in [3.05, 3.63) is 29.6 Å². The Bertz CT molecular complexity index is 686. The van der Waals surface area contributed by atoms with Crippen LogP contribution in [0.2, 0.25) is 0 Å². The Morgan fingerprint density at radius 1 is 1.33 bits per heavy atom. The normalized spacial score (nSPS) is 11.5. The van der Waals surface area contributed by atoms with E-state index in [4.69, 9.17) is 4.74 Å². The molecule has 114 valence electrons. The van der Waals surface area contributed by atoms with Gasteiger partial charge in [0.2, 0.25) is 10.0 Å². The van der Waals surface area contributed by atoms with Crippen LogP contribution in [0, 0.1) is 0 Å². The number of aromatic amines is 1. The van der Waals surface area contributed by atoms with Crippen molar-refractivity contribution in [1.82, 2.24) is 30.7 Å². The van der Waals surface area contributed by atoms with Crippen LogP contribution in [0.25, 0.3) is 0 Å². The SMILES string of the molecule is CNCc1cc(S(=O)(=O)NCc2nn[nH]n2)ccc1OC. The first kappa shape index (κ1) is 15.4. The highest BCUT2D eigenvalue weighted by Gasteiger charge is 2.17. The Labute approximate surface area is 122 Å². The van der Waals surface area contributed by atoms with Gasteiger partial charge in [0.1, 0.15) is 5.75 Å². The molecule has 0 spiro atoms. The van der Waals surface area contributed by atoms with Crippen molar-refractivity contribution >= 4 is 10.0 Å². The quantitative estimate of drug-likeness (QED) is 0.624. The zero-order valence-electron chi connectivity index (χ0n) is 11.6. The highest BCUT2D eigenvalue weighted by atomic mass is 32.2. The minimum atomic E-state index is -3.66. The van der Waals surface area contributed by atoms with E-state index in [2.05, 4.69) is 30.7 Å². The third-order valence-corrected chi connectivity index (χ3v) is 4.14. The largest absolute Gasteiger partial charge is 0.496 e. The summed E-state index contributed by atoms with van der Waals surface area (Å²) in [7, 11) is -0.345. The Kier molecular flexibility index (Phi) is 4.83. The zero-order valence-corrected chi connectivity index (χ0v) is 12.4. The minimum absolute atomic E-state index is 0.0355. The number of nitrogens with one attached hydrogen (secondary N) is 3. The predicted octanol–water partition coefficient (Wildman–Crippen LogP) is -0.594. The van der Waals surface area contributed by atoms with Gasteiger partial charge in [0.25, 0.3) is 0 Å². The molecule has 0 fully saturated rings. The van der Waals surface area contributed by atoms with Crippen LogP contribution in [0.15, 0.2) is 23.1 Å². The van der Waals surface area contributed by atoms with Gasteiger partial charge in [-0.3, -0.25) is 0 Å². The first-order valence-electron chi connectivity index (χ1n) is 6.10. The van der Waals surface area contributed by atoms with E-state index in [1.165, 1.54) is 13.2 Å². The summed E-state index contributed by atoms with van der Waals surface area (Å²) in [5.41, 5.74) is 0.752. The zero-order chi connectivity index (χ0) is 15.3. The second-order valence-corrected chi connectivity index (χ2v) is 5.92. The molecule has 0 amide bonds. The molecular weight excluding hydrogens is 296 g/mol. The van der Waals surface area contributed by atoms with Gasteiger partial charge in [-0.1, -0.05) is 5.21 Å². The maximum Gasteiger partial charge on any atom is 0.240 e. The Hall–Kier alpha value is -2.04. The van der Waals surface area contributed by atoms with E-state index >= 15 is 0 Å². The summed E-state index contributed by atoms with van der Waals surface area (Å²) < 4.78 is 32.1. The molecule has 3 N–H and O–H groups in total. The second-order valence-electron chi connectivity index (χ2n) is 4.16. The van der Waals surface area contributed by atoms with Crippen molar-refractivity contribution < 1.29 is 13.2 Å². The summed E-state index contributed by atoms with van der Waals surface area (Å²) in [5, 5.41) is 15.9. The molecule has 10 heteroatoms. The summed E-state index contributed by atoms with van der Waals surface area (Å²) in [4.78, 5) is 0.150. The number of benzene rings is 1. The molecule has 0 bridgehead atoms. The number of hydrogen-bond acceptors (Lipinski definition) is 7. The third-order valence-electron chi connectivity index (χ3n) is 2.74. The van der Waals surface area contributed by atoms with Gasteiger partial charge in [-0.05, 0) is 25.2 Å². The van der Waals surface area contributed by atoms with Crippen LogP contribution < -0.4 is 14.8 Å². The van der Waals surface area contributed by atoms with Crippen LogP contribution in [-0.2, 0) is 23.1 Å². The fraction of sp³-hybridized carbons (Fsp3) is 0.364.